The van der Waals surface area contributed by atoms with Crippen LogP contribution in [-0.4, -0.2) is 36.7 Å². The van der Waals surface area contributed by atoms with Crippen LogP contribution < -0.4 is 5.32 Å². The average molecular weight is 238 g/mol. The van der Waals surface area contributed by atoms with Crippen LogP contribution in [0.1, 0.15) is 20.8 Å². The molecule has 0 unspecified atom stereocenters. The van der Waals surface area contributed by atoms with Gasteiger partial charge in [0, 0.05) is 0 Å². The molecule has 1 N–H and O–H groups in total. The molecule has 0 fully saturated rings. The topological polar surface area (TPSA) is 64.6 Å². The molecule has 15 heavy (non-hydrogen) atoms. The van der Waals surface area contributed by atoms with Gasteiger partial charge in [-0.15, -0.1) is 11.6 Å². The van der Waals surface area contributed by atoms with Crippen molar-refractivity contribution >= 4 is 23.7 Å². The third-order valence-corrected chi connectivity index (χ3v) is 1.64. The zero-order valence-electron chi connectivity index (χ0n) is 9.30. The van der Waals surface area contributed by atoms with E-state index in [0.29, 0.717) is 0 Å². The van der Waals surface area contributed by atoms with Crippen molar-refractivity contribution in [2.75, 3.05) is 13.0 Å². The lowest BCUT2D eigenvalue weighted by atomic mass is 10.2. The molecule has 0 aliphatic rings. The number of alkyl halides is 1. The van der Waals surface area contributed by atoms with Crippen LogP contribution in [0.4, 0.5) is 4.79 Å². The summed E-state index contributed by atoms with van der Waals surface area (Å²) in [4.78, 5) is 22.3. The Morgan fingerprint density at radius 3 is 2.27 bits per heavy atom. The quantitative estimate of drug-likeness (QED) is 0.594. The molecule has 0 aromatic heterocycles. The van der Waals surface area contributed by atoms with Crippen molar-refractivity contribution in [2.24, 2.45) is 0 Å². The molecule has 5 nitrogen and oxygen atoms in total. The predicted molar refractivity (Wildman–Crippen MR) is 55.9 cm³/mol. The van der Waals surface area contributed by atoms with Crippen molar-refractivity contribution in [3.8, 4) is 0 Å². The van der Waals surface area contributed by atoms with Crippen LogP contribution in [0, 0.1) is 0 Å². The summed E-state index contributed by atoms with van der Waals surface area (Å²) in [5, 5.41) is 2.31. The molecule has 0 aliphatic heterocycles. The summed E-state index contributed by atoms with van der Waals surface area (Å²) in [5.74, 6) is -0.665. The van der Waals surface area contributed by atoms with Crippen LogP contribution in [0.25, 0.3) is 0 Å². The van der Waals surface area contributed by atoms with Crippen LogP contribution in [0.3, 0.4) is 0 Å². The van der Waals surface area contributed by atoms with E-state index in [9.17, 15) is 9.59 Å². The van der Waals surface area contributed by atoms with Crippen molar-refractivity contribution in [1.29, 1.82) is 0 Å². The first kappa shape index (κ1) is 14.0. The van der Waals surface area contributed by atoms with E-state index in [1.165, 1.54) is 7.11 Å². The summed E-state index contributed by atoms with van der Waals surface area (Å²) < 4.78 is 9.39. The van der Waals surface area contributed by atoms with Crippen LogP contribution >= 0.6 is 11.6 Å². The molecule has 0 aromatic carbocycles. The molecule has 0 saturated heterocycles. The second-order valence-corrected chi connectivity index (χ2v) is 4.18. The molecule has 0 aliphatic carbocycles. The number of ether oxygens (including phenoxy) is 2. The van der Waals surface area contributed by atoms with E-state index >= 15 is 0 Å². The highest BCUT2D eigenvalue weighted by atomic mass is 35.5. The van der Waals surface area contributed by atoms with E-state index < -0.39 is 23.7 Å². The van der Waals surface area contributed by atoms with Crippen molar-refractivity contribution in [1.82, 2.24) is 5.32 Å². The summed E-state index contributed by atoms with van der Waals surface area (Å²) in [7, 11) is 1.22. The van der Waals surface area contributed by atoms with Gasteiger partial charge in [0.05, 0.1) is 13.0 Å². The maximum Gasteiger partial charge on any atom is 0.408 e. The van der Waals surface area contributed by atoms with E-state index in [0.717, 1.165) is 0 Å². The maximum atomic E-state index is 11.2. The Morgan fingerprint density at radius 2 is 1.93 bits per heavy atom. The molecule has 6 heteroatoms. The summed E-state index contributed by atoms with van der Waals surface area (Å²) in [6.07, 6.45) is -0.696. The highest BCUT2D eigenvalue weighted by Crippen LogP contribution is 2.07. The largest absolute Gasteiger partial charge is 0.467 e. The van der Waals surface area contributed by atoms with Crippen molar-refractivity contribution < 1.29 is 19.1 Å². The fourth-order valence-corrected chi connectivity index (χ4v) is 0.956. The Labute approximate surface area is 94.1 Å². The van der Waals surface area contributed by atoms with Crippen molar-refractivity contribution in [3.05, 3.63) is 0 Å². The number of hydrogen-bond donors (Lipinski definition) is 1. The highest BCUT2D eigenvalue weighted by molar-refractivity contribution is 6.19. The summed E-state index contributed by atoms with van der Waals surface area (Å²) in [6, 6.07) is -0.883. The number of methoxy groups -OCH3 is 1. The van der Waals surface area contributed by atoms with Gasteiger partial charge in [-0.05, 0) is 20.8 Å². The normalized spacial score (nSPS) is 12.9. The lowest BCUT2D eigenvalue weighted by Gasteiger charge is -2.21. The summed E-state index contributed by atoms with van der Waals surface area (Å²) in [5.41, 5.74) is -0.614. The molecule has 0 rings (SSSR count). The minimum absolute atomic E-state index is 0.0636. The molecule has 0 aromatic rings. The van der Waals surface area contributed by atoms with E-state index in [1.807, 2.05) is 0 Å². The first-order chi connectivity index (χ1) is 6.80. The molecular formula is C9H16ClNO4. The van der Waals surface area contributed by atoms with Gasteiger partial charge >= 0.3 is 12.1 Å². The van der Waals surface area contributed by atoms with E-state index in [1.54, 1.807) is 20.8 Å². The molecular weight excluding hydrogens is 222 g/mol. The third kappa shape index (κ3) is 6.17. The Bertz CT molecular complexity index is 237. The molecule has 0 heterocycles. The number of halogens is 1. The monoisotopic (exact) mass is 237 g/mol. The fourth-order valence-electron chi connectivity index (χ4n) is 0.753. The zero-order chi connectivity index (χ0) is 12.1. The molecule has 88 valence electrons. The Kier molecular flexibility index (Phi) is 5.43. The lowest BCUT2D eigenvalue weighted by molar-refractivity contribution is -0.142. The second kappa shape index (κ2) is 5.80. The zero-order valence-corrected chi connectivity index (χ0v) is 10.1. The number of carbonyl (C=O) groups is 2. The minimum Gasteiger partial charge on any atom is -0.467 e. The van der Waals surface area contributed by atoms with Crippen LogP contribution in [-0.2, 0) is 14.3 Å². The van der Waals surface area contributed by atoms with Crippen molar-refractivity contribution in [3.63, 3.8) is 0 Å². The van der Waals surface area contributed by atoms with Gasteiger partial charge in [-0.1, -0.05) is 0 Å². The molecule has 0 spiro atoms. The third-order valence-electron chi connectivity index (χ3n) is 1.33. The van der Waals surface area contributed by atoms with Gasteiger partial charge < -0.3 is 14.8 Å². The molecule has 0 saturated carbocycles. The number of nitrogens with one attached hydrogen (secondary N) is 1. The SMILES string of the molecule is COC(=O)[C@@H](CCl)NC(=O)OC(C)(C)C. The fraction of sp³-hybridized carbons (Fsp3) is 0.778. The van der Waals surface area contributed by atoms with Gasteiger partial charge in [0.15, 0.2) is 0 Å². The van der Waals surface area contributed by atoms with Gasteiger partial charge in [-0.3, -0.25) is 0 Å². The van der Waals surface area contributed by atoms with Crippen LogP contribution in [0.2, 0.25) is 0 Å². The van der Waals surface area contributed by atoms with Gasteiger partial charge in [-0.25, -0.2) is 9.59 Å². The number of rotatable bonds is 3. The predicted octanol–water partition coefficient (Wildman–Crippen LogP) is 1.29. The number of hydrogen-bond acceptors (Lipinski definition) is 4. The number of amides is 1. The second-order valence-electron chi connectivity index (χ2n) is 3.88. The minimum atomic E-state index is -0.883. The first-order valence-corrected chi connectivity index (χ1v) is 4.97. The summed E-state index contributed by atoms with van der Waals surface area (Å²) >= 11 is 5.49. The lowest BCUT2D eigenvalue weighted by Crippen LogP contribution is -2.45. The van der Waals surface area contributed by atoms with E-state index in [4.69, 9.17) is 16.3 Å². The Morgan fingerprint density at radius 1 is 1.40 bits per heavy atom. The first-order valence-electron chi connectivity index (χ1n) is 4.43. The number of esters is 1. The Balaban J connectivity index is 4.20. The Hall–Kier alpha value is -0.970. The number of carbonyl (C=O) groups excluding carboxylic acids is 2. The van der Waals surface area contributed by atoms with E-state index in [2.05, 4.69) is 10.1 Å². The van der Waals surface area contributed by atoms with Gasteiger partial charge in [-0.2, -0.15) is 0 Å². The van der Waals surface area contributed by atoms with Crippen LogP contribution in [0.5, 0.6) is 0 Å². The van der Waals surface area contributed by atoms with E-state index in [-0.39, 0.29) is 5.88 Å². The number of alkyl carbamates (subject to hydrolysis) is 1. The molecule has 0 radical (unpaired) electrons. The standard InChI is InChI=1S/C9H16ClNO4/c1-9(2,3)15-8(13)11-6(5-10)7(12)14-4/h6H,5H2,1-4H3,(H,11,13)/t6-/m1/s1. The van der Waals surface area contributed by atoms with Crippen molar-refractivity contribution in [2.45, 2.75) is 32.4 Å². The summed E-state index contributed by atoms with van der Waals surface area (Å²) in [6.45, 7) is 5.17. The molecule has 0 bridgehead atoms. The molecule has 1 amide bonds. The average Bonchev–Trinajstić information content (AvgIpc) is 2.10. The highest BCUT2D eigenvalue weighted by Gasteiger charge is 2.23. The van der Waals surface area contributed by atoms with Gasteiger partial charge in [0.1, 0.15) is 11.6 Å². The maximum absolute atomic E-state index is 11.2. The van der Waals surface area contributed by atoms with Gasteiger partial charge in [0.25, 0.3) is 0 Å². The van der Waals surface area contributed by atoms with Gasteiger partial charge in [0.2, 0.25) is 0 Å². The smallest absolute Gasteiger partial charge is 0.408 e. The van der Waals surface area contributed by atoms with Crippen LogP contribution in [0.15, 0.2) is 0 Å². The molecule has 1 atom stereocenters.